The van der Waals surface area contributed by atoms with E-state index in [0.29, 0.717) is 17.0 Å². The average molecular weight is 276 g/mol. The molecule has 0 unspecified atom stereocenters. The predicted molar refractivity (Wildman–Crippen MR) is 78.5 cm³/mol. The van der Waals surface area contributed by atoms with Crippen LogP contribution in [0.5, 0.6) is 0 Å². The molecule has 1 aromatic heterocycles. The van der Waals surface area contributed by atoms with E-state index in [2.05, 4.69) is 28.9 Å². The van der Waals surface area contributed by atoms with Crippen molar-refractivity contribution in [1.82, 2.24) is 10.3 Å². The smallest absolute Gasteiger partial charge is 0.339 e. The molecule has 0 saturated heterocycles. The van der Waals surface area contributed by atoms with Gasteiger partial charge in [-0.2, -0.15) is 0 Å². The molecule has 110 valence electrons. The lowest BCUT2D eigenvalue weighted by Crippen LogP contribution is -2.35. The number of nitrogens with one attached hydrogen (secondary N) is 1. The van der Waals surface area contributed by atoms with Crippen LogP contribution in [0.2, 0.25) is 0 Å². The Bertz CT molecular complexity index is 444. The van der Waals surface area contributed by atoms with Crippen molar-refractivity contribution in [2.24, 2.45) is 5.41 Å². The first-order valence-corrected chi connectivity index (χ1v) is 7.27. The molecular weight excluding hydrogens is 252 g/mol. The molecule has 1 heterocycles. The number of carbonyl (C=O) groups excluding carboxylic acids is 1. The Balaban J connectivity index is 1.81. The molecule has 0 radical (unpaired) electrons. The fourth-order valence-corrected chi connectivity index (χ4v) is 2.62. The molecule has 1 N–H and O–H groups in total. The summed E-state index contributed by atoms with van der Waals surface area (Å²) in [6, 6.07) is 4.23. The molecular formula is C16H24N2O2. The van der Waals surface area contributed by atoms with Gasteiger partial charge in [0.15, 0.2) is 0 Å². The maximum Gasteiger partial charge on any atom is 0.339 e. The number of pyridine rings is 1. The van der Waals surface area contributed by atoms with Gasteiger partial charge in [-0.1, -0.05) is 13.8 Å². The maximum atomic E-state index is 11.3. The van der Waals surface area contributed by atoms with E-state index in [1.165, 1.54) is 32.8 Å². The highest BCUT2D eigenvalue weighted by Gasteiger charge is 2.26. The number of nitrogens with zero attached hydrogens (tertiary/aromatic N) is 1. The maximum absolute atomic E-state index is 11.3. The van der Waals surface area contributed by atoms with Crippen molar-refractivity contribution in [2.75, 3.05) is 7.11 Å². The molecule has 1 aromatic rings. The number of aromatic nitrogens is 1. The van der Waals surface area contributed by atoms with Gasteiger partial charge < -0.3 is 10.1 Å². The van der Waals surface area contributed by atoms with Gasteiger partial charge in [0, 0.05) is 18.8 Å². The highest BCUT2D eigenvalue weighted by molar-refractivity contribution is 5.88. The van der Waals surface area contributed by atoms with Crippen molar-refractivity contribution < 1.29 is 9.53 Å². The van der Waals surface area contributed by atoms with E-state index in [4.69, 9.17) is 0 Å². The number of ether oxygens (including phenoxy) is 1. The molecule has 0 bridgehead atoms. The van der Waals surface area contributed by atoms with Crippen molar-refractivity contribution in [3.63, 3.8) is 0 Å². The summed E-state index contributed by atoms with van der Waals surface area (Å²) in [7, 11) is 1.38. The molecule has 20 heavy (non-hydrogen) atoms. The summed E-state index contributed by atoms with van der Waals surface area (Å²) in [5.74, 6) is -0.341. The van der Waals surface area contributed by atoms with Crippen LogP contribution in [-0.4, -0.2) is 24.1 Å². The molecule has 1 saturated carbocycles. The number of hydrogen-bond acceptors (Lipinski definition) is 4. The van der Waals surface area contributed by atoms with E-state index < -0.39 is 0 Å². The molecule has 4 nitrogen and oxygen atoms in total. The van der Waals surface area contributed by atoms with Gasteiger partial charge in [0.2, 0.25) is 0 Å². The SMILES string of the molecule is COC(=O)c1ccc(CNC2CCC(C)(C)CC2)nc1. The largest absolute Gasteiger partial charge is 0.465 e. The molecule has 1 aliphatic rings. The third kappa shape index (κ3) is 4.04. The number of methoxy groups -OCH3 is 1. The first-order chi connectivity index (χ1) is 9.50. The van der Waals surface area contributed by atoms with Crippen LogP contribution < -0.4 is 5.32 Å². The van der Waals surface area contributed by atoms with Gasteiger partial charge in [-0.25, -0.2) is 4.79 Å². The summed E-state index contributed by atoms with van der Waals surface area (Å²) in [6.07, 6.45) is 6.59. The van der Waals surface area contributed by atoms with E-state index in [1.807, 2.05) is 6.07 Å². The van der Waals surface area contributed by atoms with Crippen LogP contribution in [0.15, 0.2) is 18.3 Å². The standard InChI is InChI=1S/C16H24N2O2/c1-16(2)8-6-13(7-9-16)18-11-14-5-4-12(10-17-14)15(19)20-3/h4-5,10,13,18H,6-9,11H2,1-3H3. The predicted octanol–water partition coefficient (Wildman–Crippen LogP) is 2.93. The number of esters is 1. The summed E-state index contributed by atoms with van der Waals surface area (Å²) in [4.78, 5) is 15.6. The van der Waals surface area contributed by atoms with Crippen LogP contribution in [0.3, 0.4) is 0 Å². The van der Waals surface area contributed by atoms with Crippen LogP contribution in [0.1, 0.15) is 55.6 Å². The third-order valence-electron chi connectivity index (χ3n) is 4.16. The van der Waals surface area contributed by atoms with Crippen molar-refractivity contribution in [2.45, 2.75) is 52.1 Å². The second-order valence-electron chi connectivity index (χ2n) is 6.35. The van der Waals surface area contributed by atoms with Crippen LogP contribution in [0.4, 0.5) is 0 Å². The lowest BCUT2D eigenvalue weighted by molar-refractivity contribution is 0.0600. The second-order valence-corrected chi connectivity index (χ2v) is 6.35. The molecule has 0 amide bonds. The minimum atomic E-state index is -0.341. The van der Waals surface area contributed by atoms with E-state index in [9.17, 15) is 4.79 Å². The third-order valence-corrected chi connectivity index (χ3v) is 4.16. The Morgan fingerprint density at radius 3 is 2.65 bits per heavy atom. The Labute approximate surface area is 120 Å². The summed E-state index contributed by atoms with van der Waals surface area (Å²) in [5.41, 5.74) is 1.96. The van der Waals surface area contributed by atoms with E-state index in [-0.39, 0.29) is 5.97 Å². The first kappa shape index (κ1) is 15.0. The number of carbonyl (C=O) groups is 1. The molecule has 4 heteroatoms. The van der Waals surface area contributed by atoms with Gasteiger partial charge in [-0.3, -0.25) is 4.98 Å². The van der Waals surface area contributed by atoms with Gasteiger partial charge in [0.05, 0.1) is 18.4 Å². The van der Waals surface area contributed by atoms with Gasteiger partial charge >= 0.3 is 5.97 Å². The Kier molecular flexibility index (Phi) is 4.76. The normalized spacial score (nSPS) is 18.8. The van der Waals surface area contributed by atoms with Crippen molar-refractivity contribution in [3.05, 3.63) is 29.6 Å². The molecule has 0 aromatic carbocycles. The Morgan fingerprint density at radius 2 is 2.10 bits per heavy atom. The molecule has 1 aliphatic carbocycles. The first-order valence-electron chi connectivity index (χ1n) is 7.27. The fourth-order valence-electron chi connectivity index (χ4n) is 2.62. The number of rotatable bonds is 4. The second kappa shape index (κ2) is 6.35. The highest BCUT2D eigenvalue weighted by Crippen LogP contribution is 2.34. The summed E-state index contributed by atoms with van der Waals surface area (Å²) >= 11 is 0. The number of hydrogen-bond donors (Lipinski definition) is 1. The van der Waals surface area contributed by atoms with Crippen LogP contribution >= 0.6 is 0 Å². The molecule has 1 fully saturated rings. The van der Waals surface area contributed by atoms with E-state index in [1.54, 1.807) is 12.3 Å². The van der Waals surface area contributed by atoms with Crippen molar-refractivity contribution >= 4 is 5.97 Å². The molecule has 2 rings (SSSR count). The summed E-state index contributed by atoms with van der Waals surface area (Å²) < 4.78 is 4.66. The molecule has 0 atom stereocenters. The average Bonchev–Trinajstić information content (AvgIpc) is 2.46. The summed E-state index contributed by atoms with van der Waals surface area (Å²) in [6.45, 7) is 5.44. The fraction of sp³-hybridized carbons (Fsp3) is 0.625. The summed E-state index contributed by atoms with van der Waals surface area (Å²) in [5, 5.41) is 3.56. The zero-order valence-electron chi connectivity index (χ0n) is 12.6. The topological polar surface area (TPSA) is 51.2 Å². The zero-order chi connectivity index (χ0) is 14.6. The Morgan fingerprint density at radius 1 is 1.40 bits per heavy atom. The van der Waals surface area contributed by atoms with Crippen LogP contribution in [0.25, 0.3) is 0 Å². The lowest BCUT2D eigenvalue weighted by atomic mass is 9.75. The lowest BCUT2D eigenvalue weighted by Gasteiger charge is -2.34. The minimum Gasteiger partial charge on any atom is -0.465 e. The van der Waals surface area contributed by atoms with E-state index >= 15 is 0 Å². The Hall–Kier alpha value is -1.42. The molecule has 0 spiro atoms. The van der Waals surface area contributed by atoms with Gasteiger partial charge in [-0.05, 0) is 43.2 Å². The minimum absolute atomic E-state index is 0.341. The zero-order valence-corrected chi connectivity index (χ0v) is 12.6. The van der Waals surface area contributed by atoms with Gasteiger partial charge in [-0.15, -0.1) is 0 Å². The monoisotopic (exact) mass is 276 g/mol. The van der Waals surface area contributed by atoms with Crippen LogP contribution in [-0.2, 0) is 11.3 Å². The van der Waals surface area contributed by atoms with Gasteiger partial charge in [0.1, 0.15) is 0 Å². The van der Waals surface area contributed by atoms with E-state index in [0.717, 1.165) is 12.2 Å². The molecule has 0 aliphatic heterocycles. The van der Waals surface area contributed by atoms with Crippen molar-refractivity contribution in [3.8, 4) is 0 Å². The quantitative estimate of drug-likeness (QED) is 0.859. The van der Waals surface area contributed by atoms with Crippen molar-refractivity contribution in [1.29, 1.82) is 0 Å². The van der Waals surface area contributed by atoms with Gasteiger partial charge in [0.25, 0.3) is 0 Å². The van der Waals surface area contributed by atoms with Crippen LogP contribution in [0, 0.1) is 5.41 Å². The highest BCUT2D eigenvalue weighted by atomic mass is 16.5.